The Morgan fingerprint density at radius 1 is 1.25 bits per heavy atom. The molecule has 0 fully saturated rings. The van der Waals surface area contributed by atoms with Crippen molar-refractivity contribution >= 4 is 17.1 Å². The van der Waals surface area contributed by atoms with Crippen LogP contribution < -0.4 is 4.90 Å². The fourth-order valence-electron chi connectivity index (χ4n) is 1.99. The van der Waals surface area contributed by atoms with Gasteiger partial charge >= 0.3 is 0 Å². The van der Waals surface area contributed by atoms with E-state index in [9.17, 15) is 19.6 Å². The first-order chi connectivity index (χ1) is 9.54. The molecule has 0 aliphatic rings. The SMILES string of the molecule is CN(c1ccccc1F)c1ccc([N+](=O)[O-])cc1CO. The van der Waals surface area contributed by atoms with Crippen LogP contribution in [0.25, 0.3) is 0 Å². The highest BCUT2D eigenvalue weighted by atomic mass is 19.1. The first-order valence-electron chi connectivity index (χ1n) is 5.91. The van der Waals surface area contributed by atoms with Crippen LogP contribution in [0.3, 0.4) is 0 Å². The van der Waals surface area contributed by atoms with Crippen LogP contribution in [-0.2, 0) is 6.61 Å². The molecule has 2 rings (SSSR count). The number of nitrogens with zero attached hydrogens (tertiary/aromatic N) is 2. The molecule has 2 aromatic carbocycles. The highest BCUT2D eigenvalue weighted by molar-refractivity contribution is 5.67. The van der Waals surface area contributed by atoms with E-state index in [0.29, 0.717) is 16.9 Å². The molecule has 104 valence electrons. The Labute approximate surface area is 115 Å². The van der Waals surface area contributed by atoms with Crippen LogP contribution in [0.4, 0.5) is 21.5 Å². The van der Waals surface area contributed by atoms with Gasteiger partial charge in [-0.2, -0.15) is 0 Å². The molecule has 0 radical (unpaired) electrons. The third-order valence-corrected chi connectivity index (χ3v) is 3.02. The molecular weight excluding hydrogens is 263 g/mol. The largest absolute Gasteiger partial charge is 0.392 e. The molecule has 0 aliphatic heterocycles. The van der Waals surface area contributed by atoms with E-state index in [1.807, 2.05) is 0 Å². The van der Waals surface area contributed by atoms with Crippen molar-refractivity contribution in [3.8, 4) is 0 Å². The van der Waals surface area contributed by atoms with E-state index in [-0.39, 0.29) is 12.3 Å². The number of rotatable bonds is 4. The summed E-state index contributed by atoms with van der Waals surface area (Å²) in [6.07, 6.45) is 0. The summed E-state index contributed by atoms with van der Waals surface area (Å²) in [5, 5.41) is 20.1. The van der Waals surface area contributed by atoms with Crippen molar-refractivity contribution in [2.24, 2.45) is 0 Å². The normalized spacial score (nSPS) is 10.3. The van der Waals surface area contributed by atoms with E-state index >= 15 is 0 Å². The molecule has 6 heteroatoms. The van der Waals surface area contributed by atoms with Gasteiger partial charge in [-0.3, -0.25) is 10.1 Å². The van der Waals surface area contributed by atoms with Gasteiger partial charge in [0.2, 0.25) is 0 Å². The predicted octanol–water partition coefficient (Wildman–Crippen LogP) is 2.99. The number of nitro benzene ring substituents is 1. The molecule has 0 aromatic heterocycles. The molecule has 0 bridgehead atoms. The molecular formula is C14H13FN2O3. The van der Waals surface area contributed by atoms with Gasteiger partial charge in [0, 0.05) is 30.4 Å². The van der Waals surface area contributed by atoms with Gasteiger partial charge in [-0.15, -0.1) is 0 Å². The first kappa shape index (κ1) is 14.0. The van der Waals surface area contributed by atoms with Crippen LogP contribution in [0.1, 0.15) is 5.56 Å². The zero-order valence-electron chi connectivity index (χ0n) is 10.8. The van der Waals surface area contributed by atoms with Crippen molar-refractivity contribution in [2.45, 2.75) is 6.61 Å². The second kappa shape index (κ2) is 5.66. The fourth-order valence-corrected chi connectivity index (χ4v) is 1.99. The second-order valence-electron chi connectivity index (χ2n) is 4.24. The number of benzene rings is 2. The molecule has 0 unspecified atom stereocenters. The van der Waals surface area contributed by atoms with Crippen molar-refractivity contribution in [2.75, 3.05) is 11.9 Å². The lowest BCUT2D eigenvalue weighted by molar-refractivity contribution is -0.384. The Morgan fingerprint density at radius 2 is 1.95 bits per heavy atom. The predicted molar refractivity (Wildman–Crippen MR) is 73.5 cm³/mol. The Hall–Kier alpha value is -2.47. The molecule has 2 aromatic rings. The minimum Gasteiger partial charge on any atom is -0.392 e. The highest BCUT2D eigenvalue weighted by Crippen LogP contribution is 2.31. The van der Waals surface area contributed by atoms with Crippen LogP contribution in [0.2, 0.25) is 0 Å². The van der Waals surface area contributed by atoms with E-state index in [4.69, 9.17) is 0 Å². The average molecular weight is 276 g/mol. The van der Waals surface area contributed by atoms with Gasteiger partial charge in [0.15, 0.2) is 0 Å². The number of para-hydroxylation sites is 1. The lowest BCUT2D eigenvalue weighted by Gasteiger charge is -2.22. The maximum Gasteiger partial charge on any atom is 0.269 e. The molecule has 0 aliphatic carbocycles. The van der Waals surface area contributed by atoms with Crippen LogP contribution in [-0.4, -0.2) is 17.1 Å². The Kier molecular flexibility index (Phi) is 3.95. The quantitative estimate of drug-likeness (QED) is 0.688. The molecule has 0 amide bonds. The second-order valence-corrected chi connectivity index (χ2v) is 4.24. The summed E-state index contributed by atoms with van der Waals surface area (Å²) in [5.74, 6) is -0.405. The number of hydrogen-bond donors (Lipinski definition) is 1. The van der Waals surface area contributed by atoms with Gasteiger partial charge < -0.3 is 10.0 Å². The molecule has 0 saturated heterocycles. The number of non-ortho nitro benzene ring substituents is 1. The highest BCUT2D eigenvalue weighted by Gasteiger charge is 2.15. The Bertz CT molecular complexity index is 646. The van der Waals surface area contributed by atoms with Crippen molar-refractivity contribution in [1.29, 1.82) is 0 Å². The third-order valence-electron chi connectivity index (χ3n) is 3.02. The lowest BCUT2D eigenvalue weighted by atomic mass is 10.1. The molecule has 0 saturated carbocycles. The number of hydrogen-bond acceptors (Lipinski definition) is 4. The van der Waals surface area contributed by atoms with Crippen molar-refractivity contribution in [3.05, 3.63) is 64.0 Å². The molecule has 1 N–H and O–H groups in total. The number of anilines is 2. The zero-order chi connectivity index (χ0) is 14.7. The smallest absolute Gasteiger partial charge is 0.269 e. The summed E-state index contributed by atoms with van der Waals surface area (Å²) in [4.78, 5) is 11.7. The average Bonchev–Trinajstić information content (AvgIpc) is 2.46. The molecule has 0 atom stereocenters. The van der Waals surface area contributed by atoms with E-state index in [1.165, 1.54) is 24.3 Å². The summed E-state index contributed by atoms with van der Waals surface area (Å²) in [6.45, 7) is -0.365. The van der Waals surface area contributed by atoms with Gasteiger partial charge in [0.05, 0.1) is 17.2 Å². The number of aliphatic hydroxyl groups excluding tert-OH is 1. The minimum absolute atomic E-state index is 0.111. The van der Waals surface area contributed by atoms with Gasteiger partial charge in [-0.05, 0) is 18.2 Å². The van der Waals surface area contributed by atoms with Gasteiger partial charge in [-0.1, -0.05) is 12.1 Å². The Morgan fingerprint density at radius 3 is 2.55 bits per heavy atom. The third kappa shape index (κ3) is 2.60. The summed E-state index contributed by atoms with van der Waals surface area (Å²) in [5.41, 5.74) is 1.10. The molecule has 0 spiro atoms. The maximum atomic E-state index is 13.8. The minimum atomic E-state index is -0.536. The fraction of sp³-hybridized carbons (Fsp3) is 0.143. The maximum absolute atomic E-state index is 13.8. The van der Waals surface area contributed by atoms with E-state index < -0.39 is 10.7 Å². The standard InChI is InChI=1S/C14H13FN2O3/c1-16(14-5-3-2-4-12(14)15)13-7-6-11(17(19)20)8-10(13)9-18/h2-8,18H,9H2,1H3. The topological polar surface area (TPSA) is 66.6 Å². The van der Waals surface area contributed by atoms with Crippen molar-refractivity contribution < 1.29 is 14.4 Å². The number of aliphatic hydroxyl groups is 1. The zero-order valence-corrected chi connectivity index (χ0v) is 10.8. The summed E-state index contributed by atoms with van der Waals surface area (Å²) in [6, 6.07) is 10.3. The Balaban J connectivity index is 2.47. The van der Waals surface area contributed by atoms with Crippen LogP contribution >= 0.6 is 0 Å². The summed E-state index contributed by atoms with van der Waals surface area (Å²) >= 11 is 0. The van der Waals surface area contributed by atoms with Crippen LogP contribution in [0, 0.1) is 15.9 Å². The molecule has 20 heavy (non-hydrogen) atoms. The van der Waals surface area contributed by atoms with E-state index in [1.54, 1.807) is 30.1 Å². The molecule has 0 heterocycles. The van der Waals surface area contributed by atoms with Gasteiger partial charge in [0.1, 0.15) is 5.82 Å². The van der Waals surface area contributed by atoms with Gasteiger partial charge in [0.25, 0.3) is 5.69 Å². The van der Waals surface area contributed by atoms with Crippen LogP contribution in [0.15, 0.2) is 42.5 Å². The van der Waals surface area contributed by atoms with Crippen LogP contribution in [0.5, 0.6) is 0 Å². The monoisotopic (exact) mass is 276 g/mol. The van der Waals surface area contributed by atoms with Crippen molar-refractivity contribution in [1.82, 2.24) is 0 Å². The number of nitro groups is 1. The summed E-state index contributed by atoms with van der Waals surface area (Å²) in [7, 11) is 1.64. The van der Waals surface area contributed by atoms with Gasteiger partial charge in [-0.25, -0.2) is 4.39 Å². The van der Waals surface area contributed by atoms with Crippen molar-refractivity contribution in [3.63, 3.8) is 0 Å². The van der Waals surface area contributed by atoms with E-state index in [0.717, 1.165) is 0 Å². The summed E-state index contributed by atoms with van der Waals surface area (Å²) < 4.78 is 13.8. The first-order valence-corrected chi connectivity index (χ1v) is 5.91. The molecule has 5 nitrogen and oxygen atoms in total. The number of halogens is 1. The lowest BCUT2D eigenvalue weighted by Crippen LogP contribution is -2.13. The van der Waals surface area contributed by atoms with E-state index in [2.05, 4.69) is 0 Å².